The molecule has 0 radical (unpaired) electrons. The Labute approximate surface area is 109 Å². The van der Waals surface area contributed by atoms with Gasteiger partial charge >= 0.3 is 0 Å². The normalized spacial score (nSPS) is 13.7. The molecule has 2 heterocycles. The molecule has 0 aliphatic rings. The molecule has 0 spiro atoms. The number of thiophene rings is 1. The Bertz CT molecular complexity index is 601. The Kier molecular flexibility index (Phi) is 3.86. The molecule has 5 nitrogen and oxygen atoms in total. The molecule has 0 bridgehead atoms. The van der Waals surface area contributed by atoms with E-state index in [9.17, 15) is 8.42 Å². The number of rotatable bonds is 5. The molecule has 0 aliphatic carbocycles. The van der Waals surface area contributed by atoms with Crippen molar-refractivity contribution in [3.8, 4) is 0 Å². The van der Waals surface area contributed by atoms with Gasteiger partial charge < -0.3 is 9.52 Å². The first-order valence-electron chi connectivity index (χ1n) is 5.27. The highest BCUT2D eigenvalue weighted by molar-refractivity contribution is 7.91. The first-order chi connectivity index (χ1) is 8.53. The summed E-state index contributed by atoms with van der Waals surface area (Å²) in [6.07, 6.45) is 1.50. The number of sulfonamides is 1. The number of furan rings is 1. The van der Waals surface area contributed by atoms with Crippen LogP contribution in [0.3, 0.4) is 0 Å². The maximum absolute atomic E-state index is 12.0. The van der Waals surface area contributed by atoms with Crippen molar-refractivity contribution in [3.05, 3.63) is 41.2 Å². The molecular formula is C11H13NO4S2. The summed E-state index contributed by atoms with van der Waals surface area (Å²) in [6.45, 7) is 1.54. The van der Waals surface area contributed by atoms with Crippen molar-refractivity contribution in [2.75, 3.05) is 0 Å². The summed E-state index contributed by atoms with van der Waals surface area (Å²) in [5, 5.41) is 10.5. The zero-order valence-electron chi connectivity index (χ0n) is 9.66. The zero-order valence-corrected chi connectivity index (χ0v) is 11.3. The van der Waals surface area contributed by atoms with E-state index in [1.807, 2.05) is 0 Å². The second-order valence-electron chi connectivity index (χ2n) is 3.79. The van der Waals surface area contributed by atoms with E-state index in [1.165, 1.54) is 12.3 Å². The minimum absolute atomic E-state index is 0.167. The highest BCUT2D eigenvalue weighted by Gasteiger charge is 2.21. The fourth-order valence-corrected chi connectivity index (χ4v) is 3.89. The van der Waals surface area contributed by atoms with Crippen LogP contribution in [0.1, 0.15) is 24.3 Å². The Hall–Kier alpha value is -1.15. The fourth-order valence-electron chi connectivity index (χ4n) is 1.46. The van der Waals surface area contributed by atoms with E-state index in [2.05, 4.69) is 4.72 Å². The lowest BCUT2D eigenvalue weighted by Crippen LogP contribution is -2.25. The summed E-state index contributed by atoms with van der Waals surface area (Å²) in [5.41, 5.74) is 0.589. The smallest absolute Gasteiger partial charge is 0.250 e. The van der Waals surface area contributed by atoms with Crippen LogP contribution in [0, 0.1) is 0 Å². The third-order valence-electron chi connectivity index (χ3n) is 2.38. The Morgan fingerprint density at radius 1 is 1.56 bits per heavy atom. The van der Waals surface area contributed by atoms with Crippen LogP contribution in [0.25, 0.3) is 0 Å². The van der Waals surface area contributed by atoms with Gasteiger partial charge in [-0.1, -0.05) is 0 Å². The van der Waals surface area contributed by atoms with Crippen LogP contribution in [-0.2, 0) is 16.6 Å². The molecule has 0 saturated heterocycles. The maximum Gasteiger partial charge on any atom is 0.250 e. The van der Waals surface area contributed by atoms with Crippen molar-refractivity contribution in [2.24, 2.45) is 0 Å². The van der Waals surface area contributed by atoms with Crippen LogP contribution in [-0.4, -0.2) is 13.5 Å². The standard InChI is InChI=1S/C11H13NO4S2/c1-8(10-3-2-4-16-10)12-18(14,15)11-5-9(6-13)7-17-11/h2-5,7-8,12-13H,6H2,1H3. The molecule has 2 aromatic heterocycles. The van der Waals surface area contributed by atoms with Crippen LogP contribution >= 0.6 is 11.3 Å². The largest absolute Gasteiger partial charge is 0.468 e. The molecule has 2 N–H and O–H groups in total. The molecular weight excluding hydrogens is 274 g/mol. The number of hydrogen-bond donors (Lipinski definition) is 2. The summed E-state index contributed by atoms with van der Waals surface area (Å²) >= 11 is 1.08. The monoisotopic (exact) mass is 287 g/mol. The Balaban J connectivity index is 2.17. The number of hydrogen-bond acceptors (Lipinski definition) is 5. The van der Waals surface area contributed by atoms with Gasteiger partial charge in [-0.2, -0.15) is 0 Å². The molecule has 0 aliphatic heterocycles. The average Bonchev–Trinajstić information content (AvgIpc) is 3.00. The van der Waals surface area contributed by atoms with E-state index in [0.717, 1.165) is 11.3 Å². The molecule has 2 rings (SSSR count). The molecule has 0 aromatic carbocycles. The van der Waals surface area contributed by atoms with Gasteiger partial charge in [0.2, 0.25) is 0 Å². The molecule has 0 amide bonds. The Morgan fingerprint density at radius 2 is 2.33 bits per heavy atom. The predicted octanol–water partition coefficient (Wildman–Crippen LogP) is 1.87. The minimum atomic E-state index is -3.58. The summed E-state index contributed by atoms with van der Waals surface area (Å²) in [7, 11) is -3.58. The topological polar surface area (TPSA) is 79.5 Å². The van der Waals surface area contributed by atoms with Gasteiger partial charge in [-0.3, -0.25) is 0 Å². The van der Waals surface area contributed by atoms with Gasteiger partial charge in [0.25, 0.3) is 10.0 Å². The van der Waals surface area contributed by atoms with Gasteiger partial charge in [-0.15, -0.1) is 11.3 Å². The molecule has 18 heavy (non-hydrogen) atoms. The zero-order chi connectivity index (χ0) is 13.2. The number of aliphatic hydroxyl groups excluding tert-OH is 1. The predicted molar refractivity (Wildman–Crippen MR) is 67.7 cm³/mol. The minimum Gasteiger partial charge on any atom is -0.468 e. The summed E-state index contributed by atoms with van der Waals surface area (Å²) in [6, 6.07) is 4.43. The SMILES string of the molecule is CC(NS(=O)(=O)c1cc(CO)cs1)c1ccco1. The first-order valence-corrected chi connectivity index (χ1v) is 7.63. The van der Waals surface area contributed by atoms with E-state index < -0.39 is 16.1 Å². The maximum atomic E-state index is 12.0. The van der Waals surface area contributed by atoms with E-state index in [4.69, 9.17) is 9.52 Å². The molecule has 1 atom stereocenters. The van der Waals surface area contributed by atoms with Gasteiger partial charge in [0.15, 0.2) is 0 Å². The molecule has 1 unspecified atom stereocenters. The highest BCUT2D eigenvalue weighted by atomic mass is 32.2. The second-order valence-corrected chi connectivity index (χ2v) is 6.64. The van der Waals surface area contributed by atoms with Crippen molar-refractivity contribution in [1.29, 1.82) is 0 Å². The number of nitrogens with one attached hydrogen (secondary N) is 1. The fraction of sp³-hybridized carbons (Fsp3) is 0.273. The quantitative estimate of drug-likeness (QED) is 0.880. The van der Waals surface area contributed by atoms with Gasteiger partial charge in [0.1, 0.15) is 9.97 Å². The van der Waals surface area contributed by atoms with Gasteiger partial charge in [0.05, 0.1) is 18.9 Å². The van der Waals surface area contributed by atoms with E-state index >= 15 is 0 Å². The molecule has 2 aromatic rings. The third kappa shape index (κ3) is 2.81. The second kappa shape index (κ2) is 5.23. The van der Waals surface area contributed by atoms with Crippen molar-refractivity contribution < 1.29 is 17.9 Å². The lowest BCUT2D eigenvalue weighted by molar-refractivity contribution is 0.282. The molecule has 0 fully saturated rings. The number of aliphatic hydroxyl groups is 1. The van der Waals surface area contributed by atoms with E-state index in [-0.39, 0.29) is 10.8 Å². The summed E-state index contributed by atoms with van der Waals surface area (Å²) < 4.78 is 31.9. The summed E-state index contributed by atoms with van der Waals surface area (Å²) in [5.74, 6) is 0.553. The van der Waals surface area contributed by atoms with Crippen molar-refractivity contribution in [2.45, 2.75) is 23.8 Å². The third-order valence-corrected chi connectivity index (χ3v) is 5.41. The van der Waals surface area contributed by atoms with Crippen LogP contribution in [0.2, 0.25) is 0 Å². The van der Waals surface area contributed by atoms with Crippen molar-refractivity contribution in [3.63, 3.8) is 0 Å². The van der Waals surface area contributed by atoms with Crippen LogP contribution < -0.4 is 4.72 Å². The van der Waals surface area contributed by atoms with Crippen LogP contribution in [0.5, 0.6) is 0 Å². The average molecular weight is 287 g/mol. The summed E-state index contributed by atoms with van der Waals surface area (Å²) in [4.78, 5) is 0. The van der Waals surface area contributed by atoms with Crippen molar-refractivity contribution in [1.82, 2.24) is 4.72 Å². The molecule has 0 saturated carbocycles. The molecule has 7 heteroatoms. The lowest BCUT2D eigenvalue weighted by atomic mass is 10.3. The van der Waals surface area contributed by atoms with E-state index in [1.54, 1.807) is 24.4 Å². The van der Waals surface area contributed by atoms with Crippen LogP contribution in [0.15, 0.2) is 38.5 Å². The van der Waals surface area contributed by atoms with Crippen LogP contribution in [0.4, 0.5) is 0 Å². The van der Waals surface area contributed by atoms with Gasteiger partial charge in [-0.05, 0) is 36.1 Å². The molecule has 98 valence electrons. The lowest BCUT2D eigenvalue weighted by Gasteiger charge is -2.10. The van der Waals surface area contributed by atoms with Crippen molar-refractivity contribution >= 4 is 21.4 Å². The Morgan fingerprint density at radius 3 is 2.89 bits per heavy atom. The van der Waals surface area contributed by atoms with E-state index in [0.29, 0.717) is 11.3 Å². The van der Waals surface area contributed by atoms with Gasteiger partial charge in [0, 0.05) is 0 Å². The highest BCUT2D eigenvalue weighted by Crippen LogP contribution is 2.22. The first kappa shape index (κ1) is 13.3. The van der Waals surface area contributed by atoms with Gasteiger partial charge in [-0.25, -0.2) is 13.1 Å².